The molecule has 2 amide bonds. The minimum atomic E-state index is -0.327. The molecule has 1 fully saturated rings. The van der Waals surface area contributed by atoms with Crippen LogP contribution >= 0.6 is 23.4 Å². The molecule has 136 valence electrons. The van der Waals surface area contributed by atoms with Crippen LogP contribution < -0.4 is 10.6 Å². The highest BCUT2D eigenvalue weighted by Crippen LogP contribution is 2.25. The standard InChI is InChI=1S/C20H21ClN2O2S/c1-26-14-10-11-17(21)16(12-14)20(25)23-18-9-5-4-8-15(18)19(24)22-13-6-2-3-7-13/h4-5,8-13H,2-3,6-7H2,1H3,(H,22,24)(H,23,25). The van der Waals surface area contributed by atoms with Crippen molar-refractivity contribution in [1.82, 2.24) is 5.32 Å². The average molecular weight is 389 g/mol. The molecule has 3 rings (SSSR count). The highest BCUT2D eigenvalue weighted by molar-refractivity contribution is 7.98. The van der Waals surface area contributed by atoms with E-state index in [4.69, 9.17) is 11.6 Å². The van der Waals surface area contributed by atoms with Crippen LogP contribution in [0.3, 0.4) is 0 Å². The van der Waals surface area contributed by atoms with Crippen LogP contribution in [0.4, 0.5) is 5.69 Å². The normalized spacial score (nSPS) is 14.2. The van der Waals surface area contributed by atoms with Crippen molar-refractivity contribution in [2.75, 3.05) is 11.6 Å². The maximum Gasteiger partial charge on any atom is 0.257 e. The van der Waals surface area contributed by atoms with Crippen molar-refractivity contribution in [2.24, 2.45) is 0 Å². The second kappa shape index (κ2) is 8.60. The molecule has 1 saturated carbocycles. The quantitative estimate of drug-likeness (QED) is 0.709. The third-order valence-electron chi connectivity index (χ3n) is 4.53. The Hall–Kier alpha value is -1.98. The maximum atomic E-state index is 12.7. The minimum absolute atomic E-state index is 0.156. The molecule has 0 spiro atoms. The van der Waals surface area contributed by atoms with E-state index >= 15 is 0 Å². The van der Waals surface area contributed by atoms with Crippen LogP contribution in [0.25, 0.3) is 0 Å². The van der Waals surface area contributed by atoms with Gasteiger partial charge < -0.3 is 10.6 Å². The third kappa shape index (κ3) is 4.40. The molecule has 0 radical (unpaired) electrons. The molecule has 0 saturated heterocycles. The summed E-state index contributed by atoms with van der Waals surface area (Å²) >= 11 is 7.72. The van der Waals surface area contributed by atoms with Crippen LogP contribution in [0, 0.1) is 0 Å². The first-order valence-electron chi connectivity index (χ1n) is 8.63. The Morgan fingerprint density at radius 1 is 1.04 bits per heavy atom. The summed E-state index contributed by atoms with van der Waals surface area (Å²) in [4.78, 5) is 26.3. The zero-order chi connectivity index (χ0) is 18.5. The van der Waals surface area contributed by atoms with Gasteiger partial charge in [0.2, 0.25) is 0 Å². The van der Waals surface area contributed by atoms with Crippen LogP contribution in [0.2, 0.25) is 5.02 Å². The lowest BCUT2D eigenvalue weighted by Crippen LogP contribution is -2.33. The second-order valence-corrected chi connectivity index (χ2v) is 7.59. The molecule has 2 aromatic carbocycles. The van der Waals surface area contributed by atoms with Gasteiger partial charge >= 0.3 is 0 Å². The van der Waals surface area contributed by atoms with E-state index < -0.39 is 0 Å². The number of nitrogens with one attached hydrogen (secondary N) is 2. The summed E-state index contributed by atoms with van der Waals surface area (Å²) in [5, 5.41) is 6.27. The fraction of sp³-hybridized carbons (Fsp3) is 0.300. The molecule has 1 aliphatic rings. The highest BCUT2D eigenvalue weighted by Gasteiger charge is 2.20. The second-order valence-electron chi connectivity index (χ2n) is 6.30. The molecule has 1 aliphatic carbocycles. The molecule has 2 aromatic rings. The monoisotopic (exact) mass is 388 g/mol. The fourth-order valence-corrected chi connectivity index (χ4v) is 3.76. The highest BCUT2D eigenvalue weighted by atomic mass is 35.5. The predicted molar refractivity (Wildman–Crippen MR) is 107 cm³/mol. The Kier molecular flexibility index (Phi) is 6.22. The third-order valence-corrected chi connectivity index (χ3v) is 5.58. The van der Waals surface area contributed by atoms with Crippen LogP contribution in [-0.4, -0.2) is 24.1 Å². The number of halogens is 1. The van der Waals surface area contributed by atoms with Gasteiger partial charge in [-0.1, -0.05) is 36.6 Å². The van der Waals surface area contributed by atoms with Crippen molar-refractivity contribution < 1.29 is 9.59 Å². The summed E-state index contributed by atoms with van der Waals surface area (Å²) in [6.07, 6.45) is 6.25. The predicted octanol–water partition coefficient (Wildman–Crippen LogP) is 4.99. The molecular weight excluding hydrogens is 368 g/mol. The molecule has 26 heavy (non-hydrogen) atoms. The van der Waals surface area contributed by atoms with E-state index in [0.29, 0.717) is 21.8 Å². The Morgan fingerprint density at radius 2 is 1.77 bits per heavy atom. The number of para-hydroxylation sites is 1. The van der Waals surface area contributed by atoms with Crippen molar-refractivity contribution in [3.63, 3.8) is 0 Å². The van der Waals surface area contributed by atoms with Crippen molar-refractivity contribution in [2.45, 2.75) is 36.6 Å². The number of hydrogen-bond donors (Lipinski definition) is 2. The first-order chi connectivity index (χ1) is 12.6. The van der Waals surface area contributed by atoms with Gasteiger partial charge in [0.25, 0.3) is 11.8 Å². The molecule has 0 bridgehead atoms. The number of rotatable bonds is 5. The Balaban J connectivity index is 1.79. The van der Waals surface area contributed by atoms with Gasteiger partial charge in [-0.3, -0.25) is 9.59 Å². The number of hydrogen-bond acceptors (Lipinski definition) is 3. The van der Waals surface area contributed by atoms with Crippen molar-refractivity contribution in [1.29, 1.82) is 0 Å². The Bertz CT molecular complexity index is 819. The molecule has 0 aliphatic heterocycles. The molecule has 0 unspecified atom stereocenters. The van der Waals surface area contributed by atoms with Crippen molar-refractivity contribution in [3.05, 3.63) is 58.6 Å². The first-order valence-corrected chi connectivity index (χ1v) is 10.2. The van der Waals surface area contributed by atoms with E-state index in [1.54, 1.807) is 36.4 Å². The zero-order valence-corrected chi connectivity index (χ0v) is 16.1. The van der Waals surface area contributed by atoms with E-state index in [1.165, 1.54) is 11.8 Å². The zero-order valence-electron chi connectivity index (χ0n) is 14.5. The average Bonchev–Trinajstić information content (AvgIpc) is 3.15. The van der Waals surface area contributed by atoms with E-state index in [9.17, 15) is 9.59 Å². The van der Waals surface area contributed by atoms with Gasteiger partial charge in [-0.2, -0.15) is 0 Å². The van der Waals surface area contributed by atoms with Gasteiger partial charge in [-0.25, -0.2) is 0 Å². The van der Waals surface area contributed by atoms with Crippen LogP contribution in [0.15, 0.2) is 47.4 Å². The summed E-state index contributed by atoms with van der Waals surface area (Å²) in [6, 6.07) is 12.6. The van der Waals surface area contributed by atoms with Crippen LogP contribution in [0.5, 0.6) is 0 Å². The Morgan fingerprint density at radius 3 is 2.50 bits per heavy atom. The molecule has 2 N–H and O–H groups in total. The number of benzene rings is 2. The molecule has 0 atom stereocenters. The lowest BCUT2D eigenvalue weighted by molar-refractivity contribution is 0.0939. The van der Waals surface area contributed by atoms with Crippen LogP contribution in [0.1, 0.15) is 46.4 Å². The molecule has 0 aromatic heterocycles. The van der Waals surface area contributed by atoms with E-state index in [1.807, 2.05) is 12.3 Å². The largest absolute Gasteiger partial charge is 0.349 e. The lowest BCUT2D eigenvalue weighted by Gasteiger charge is -2.15. The van der Waals surface area contributed by atoms with E-state index in [-0.39, 0.29) is 17.9 Å². The number of carbonyl (C=O) groups excluding carboxylic acids is 2. The van der Waals surface area contributed by atoms with E-state index in [0.717, 1.165) is 30.6 Å². The molecule has 4 nitrogen and oxygen atoms in total. The van der Waals surface area contributed by atoms with Crippen LogP contribution in [-0.2, 0) is 0 Å². The van der Waals surface area contributed by atoms with Gasteiger partial charge in [0, 0.05) is 10.9 Å². The Labute approximate surface area is 162 Å². The molecule has 6 heteroatoms. The number of thioether (sulfide) groups is 1. The van der Waals surface area contributed by atoms with Gasteiger partial charge in [0.15, 0.2) is 0 Å². The van der Waals surface area contributed by atoms with E-state index in [2.05, 4.69) is 10.6 Å². The fourth-order valence-electron chi connectivity index (χ4n) is 3.12. The lowest BCUT2D eigenvalue weighted by atomic mass is 10.1. The number of amides is 2. The topological polar surface area (TPSA) is 58.2 Å². The minimum Gasteiger partial charge on any atom is -0.349 e. The molecule has 0 heterocycles. The summed E-state index contributed by atoms with van der Waals surface area (Å²) < 4.78 is 0. The van der Waals surface area contributed by atoms with Gasteiger partial charge in [-0.15, -0.1) is 11.8 Å². The number of carbonyl (C=O) groups is 2. The van der Waals surface area contributed by atoms with Crippen molar-refractivity contribution >= 4 is 40.9 Å². The van der Waals surface area contributed by atoms with Gasteiger partial charge in [0.05, 0.1) is 21.8 Å². The first kappa shape index (κ1) is 18.8. The summed E-state index contributed by atoms with van der Waals surface area (Å²) in [6.45, 7) is 0. The van der Waals surface area contributed by atoms with Gasteiger partial charge in [-0.05, 0) is 49.4 Å². The summed E-state index contributed by atoms with van der Waals surface area (Å²) in [5.41, 5.74) is 1.34. The summed E-state index contributed by atoms with van der Waals surface area (Å²) in [5.74, 6) is -0.483. The summed E-state index contributed by atoms with van der Waals surface area (Å²) in [7, 11) is 0. The molecular formula is C20H21ClN2O2S. The smallest absolute Gasteiger partial charge is 0.257 e. The number of anilines is 1. The SMILES string of the molecule is CSc1ccc(Cl)c(C(=O)Nc2ccccc2C(=O)NC2CCCC2)c1. The van der Waals surface area contributed by atoms with Crippen molar-refractivity contribution in [3.8, 4) is 0 Å². The van der Waals surface area contributed by atoms with Gasteiger partial charge in [0.1, 0.15) is 0 Å². The maximum absolute atomic E-state index is 12.7.